The van der Waals surface area contributed by atoms with E-state index in [4.69, 9.17) is 23.2 Å². The lowest BCUT2D eigenvalue weighted by Crippen LogP contribution is -2.53. The molecule has 2 heterocycles. The third-order valence-corrected chi connectivity index (χ3v) is 10.0. The minimum Gasteiger partial charge on any atom is -0.508 e. The maximum atomic E-state index is 15.0. The van der Waals surface area contributed by atoms with Gasteiger partial charge in [0.25, 0.3) is 11.8 Å². The van der Waals surface area contributed by atoms with E-state index in [-0.39, 0.29) is 28.7 Å². The second kappa shape index (κ2) is 9.52. The predicted octanol–water partition coefficient (Wildman–Crippen LogP) is 5.25. The molecule has 8 nitrogen and oxygen atoms in total. The molecule has 2 aliphatic heterocycles. The Bertz CT molecular complexity index is 1720. The topological polar surface area (TPSA) is 115 Å². The lowest BCUT2D eigenvalue weighted by Gasteiger charge is -2.50. The van der Waals surface area contributed by atoms with Crippen LogP contribution in [0.25, 0.3) is 0 Å². The van der Waals surface area contributed by atoms with Crippen LogP contribution in [0.4, 0.5) is 5.69 Å². The third kappa shape index (κ3) is 3.52. The van der Waals surface area contributed by atoms with E-state index >= 15 is 0 Å². The molecular formula is C32H24Cl2N2O6. The van der Waals surface area contributed by atoms with Gasteiger partial charge in [0, 0.05) is 16.0 Å². The van der Waals surface area contributed by atoms with Gasteiger partial charge in [0.1, 0.15) is 5.75 Å². The van der Waals surface area contributed by atoms with E-state index in [0.717, 1.165) is 0 Å². The molecule has 4 aliphatic rings. The SMILES string of the molecule is O=C1[C@H]2[C@H](CC=C3[C@H]2C[C@H]2C(=O)N(c4cccc(Cl)c4)C(=O)[C@@]2(c2ccccc2)[C@H]3c2ccc(O)cc2Cl)C(=O)N1O. The summed E-state index contributed by atoms with van der Waals surface area (Å²) in [7, 11) is 0. The maximum absolute atomic E-state index is 15.0. The molecule has 42 heavy (non-hydrogen) atoms. The molecule has 212 valence electrons. The number of anilines is 1. The van der Waals surface area contributed by atoms with Gasteiger partial charge in [-0.15, -0.1) is 0 Å². The number of phenols is 1. The Morgan fingerprint density at radius 3 is 2.31 bits per heavy atom. The zero-order valence-electron chi connectivity index (χ0n) is 22.0. The summed E-state index contributed by atoms with van der Waals surface area (Å²) in [5, 5.41) is 21.2. The first-order valence-electron chi connectivity index (χ1n) is 13.6. The van der Waals surface area contributed by atoms with Crippen LogP contribution in [0.15, 0.2) is 84.4 Å². The minimum absolute atomic E-state index is 0.0685. The fraction of sp³-hybridized carbons (Fsp3) is 0.250. The number of fused-ring (bicyclic) bond motifs is 4. The molecule has 0 spiro atoms. The van der Waals surface area contributed by atoms with Gasteiger partial charge in [-0.05, 0) is 60.2 Å². The molecule has 0 bridgehead atoms. The van der Waals surface area contributed by atoms with Crippen molar-refractivity contribution in [3.63, 3.8) is 0 Å². The van der Waals surface area contributed by atoms with Gasteiger partial charge in [-0.25, -0.2) is 4.90 Å². The summed E-state index contributed by atoms with van der Waals surface area (Å²) in [6.07, 6.45) is 2.15. The monoisotopic (exact) mass is 602 g/mol. The van der Waals surface area contributed by atoms with Crippen molar-refractivity contribution in [2.45, 2.75) is 24.2 Å². The molecular weight excluding hydrogens is 579 g/mol. The summed E-state index contributed by atoms with van der Waals surface area (Å²) in [5.74, 6) is -6.42. The number of halogens is 2. The number of nitrogens with zero attached hydrogens (tertiary/aromatic N) is 2. The van der Waals surface area contributed by atoms with Crippen molar-refractivity contribution in [3.05, 3.63) is 106 Å². The van der Waals surface area contributed by atoms with Crippen molar-refractivity contribution < 1.29 is 29.5 Å². The number of benzene rings is 3. The molecule has 4 amide bonds. The number of amides is 4. The summed E-state index contributed by atoms with van der Waals surface area (Å²) < 4.78 is 0. The standard InChI is InChI=1S/C32H24Cl2N2O6/c33-17-7-4-8-18(13-17)35-29(39)24-15-23-20(11-12-22-26(23)30(40)36(42)28(22)38)27(21-10-9-19(37)14-25(21)34)32(24,31(35)41)16-5-2-1-3-6-16/h1-11,13-14,22-24,26-27,37,42H,12,15H2/t22-,23+,24-,26-,27+,32+/m0/s1. The Balaban J connectivity index is 1.53. The molecule has 3 fully saturated rings. The van der Waals surface area contributed by atoms with E-state index in [1.807, 2.05) is 24.3 Å². The highest BCUT2D eigenvalue weighted by atomic mass is 35.5. The fourth-order valence-electron chi connectivity index (χ4n) is 7.82. The Morgan fingerprint density at radius 2 is 1.60 bits per heavy atom. The van der Waals surface area contributed by atoms with Gasteiger partial charge in [0.05, 0.1) is 28.9 Å². The van der Waals surface area contributed by atoms with E-state index < -0.39 is 58.6 Å². The van der Waals surface area contributed by atoms with E-state index in [9.17, 15) is 29.5 Å². The number of carbonyl (C=O) groups is 4. The summed E-state index contributed by atoms with van der Waals surface area (Å²) in [5.41, 5.74) is 0.660. The van der Waals surface area contributed by atoms with Crippen molar-refractivity contribution >= 4 is 52.5 Å². The van der Waals surface area contributed by atoms with Gasteiger partial charge in [0.2, 0.25) is 11.8 Å². The quantitative estimate of drug-likeness (QED) is 0.240. The number of carbonyl (C=O) groups excluding carboxylic acids is 4. The van der Waals surface area contributed by atoms with E-state index in [0.29, 0.717) is 27.4 Å². The Kier molecular flexibility index (Phi) is 6.10. The number of aromatic hydroxyl groups is 1. The molecule has 3 aromatic rings. The second-order valence-electron chi connectivity index (χ2n) is 11.3. The van der Waals surface area contributed by atoms with E-state index in [1.165, 1.54) is 17.0 Å². The molecule has 0 radical (unpaired) electrons. The first-order valence-corrected chi connectivity index (χ1v) is 14.4. The van der Waals surface area contributed by atoms with Crippen molar-refractivity contribution in [1.29, 1.82) is 0 Å². The summed E-state index contributed by atoms with van der Waals surface area (Å²) >= 11 is 13.1. The van der Waals surface area contributed by atoms with Crippen LogP contribution in [0.5, 0.6) is 5.75 Å². The lowest BCUT2D eigenvalue weighted by molar-refractivity contribution is -0.173. The second-order valence-corrected chi connectivity index (χ2v) is 12.1. The highest BCUT2D eigenvalue weighted by Gasteiger charge is 2.70. The summed E-state index contributed by atoms with van der Waals surface area (Å²) in [6.45, 7) is 0. The molecule has 6 atom stereocenters. The number of rotatable bonds is 3. The zero-order chi connectivity index (χ0) is 29.5. The van der Waals surface area contributed by atoms with Crippen molar-refractivity contribution in [3.8, 4) is 5.75 Å². The van der Waals surface area contributed by atoms with Crippen LogP contribution in [0.2, 0.25) is 10.0 Å². The van der Waals surface area contributed by atoms with Crippen LogP contribution in [0.3, 0.4) is 0 Å². The van der Waals surface area contributed by atoms with Crippen LogP contribution in [-0.2, 0) is 24.6 Å². The number of hydrogen-bond acceptors (Lipinski definition) is 6. The predicted molar refractivity (Wildman–Crippen MR) is 153 cm³/mol. The molecule has 0 unspecified atom stereocenters. The number of imide groups is 2. The minimum atomic E-state index is -1.47. The molecule has 10 heteroatoms. The van der Waals surface area contributed by atoms with Gasteiger partial charge < -0.3 is 5.11 Å². The number of allylic oxidation sites excluding steroid dienone is 2. The highest BCUT2D eigenvalue weighted by Crippen LogP contribution is 2.65. The van der Waals surface area contributed by atoms with Crippen molar-refractivity contribution in [1.82, 2.24) is 5.06 Å². The van der Waals surface area contributed by atoms with E-state index in [2.05, 4.69) is 0 Å². The van der Waals surface area contributed by atoms with Crippen LogP contribution in [-0.4, -0.2) is 39.0 Å². The number of phenolic OH excluding ortho intramolecular Hbond substituents is 1. The fourth-order valence-corrected chi connectivity index (χ4v) is 8.29. The summed E-state index contributed by atoms with van der Waals surface area (Å²) in [4.78, 5) is 56.7. The Morgan fingerprint density at radius 1 is 0.833 bits per heavy atom. The van der Waals surface area contributed by atoms with E-state index in [1.54, 1.807) is 42.5 Å². The van der Waals surface area contributed by atoms with Gasteiger partial charge in [-0.1, -0.05) is 77.3 Å². The molecule has 1 saturated carbocycles. The Labute approximate surface area is 250 Å². The lowest BCUT2D eigenvalue weighted by atomic mass is 9.49. The first-order chi connectivity index (χ1) is 20.2. The van der Waals surface area contributed by atoms with Crippen molar-refractivity contribution in [2.24, 2.45) is 23.7 Å². The van der Waals surface area contributed by atoms with Crippen LogP contribution in [0.1, 0.15) is 29.9 Å². The van der Waals surface area contributed by atoms with Gasteiger partial charge in [-0.2, -0.15) is 5.06 Å². The normalized spacial score (nSPS) is 30.3. The van der Waals surface area contributed by atoms with Gasteiger partial charge in [-0.3, -0.25) is 24.4 Å². The molecule has 2 saturated heterocycles. The van der Waals surface area contributed by atoms with Crippen molar-refractivity contribution in [2.75, 3.05) is 4.90 Å². The average molecular weight is 603 g/mol. The zero-order valence-corrected chi connectivity index (χ0v) is 23.5. The highest BCUT2D eigenvalue weighted by molar-refractivity contribution is 6.33. The number of hydroxylamine groups is 2. The van der Waals surface area contributed by atoms with Gasteiger partial charge >= 0.3 is 0 Å². The maximum Gasteiger partial charge on any atom is 0.257 e. The third-order valence-electron chi connectivity index (χ3n) is 9.44. The molecule has 2 N–H and O–H groups in total. The molecule has 0 aromatic heterocycles. The molecule has 3 aromatic carbocycles. The van der Waals surface area contributed by atoms with Gasteiger partial charge in [0.15, 0.2) is 0 Å². The molecule has 7 rings (SSSR count). The first kappa shape index (κ1) is 26.9. The molecule has 2 aliphatic carbocycles. The number of hydrogen-bond donors (Lipinski definition) is 2. The average Bonchev–Trinajstić information content (AvgIpc) is 3.34. The van der Waals surface area contributed by atoms with Crippen LogP contribution < -0.4 is 4.90 Å². The smallest absolute Gasteiger partial charge is 0.257 e. The largest absolute Gasteiger partial charge is 0.508 e. The summed E-state index contributed by atoms with van der Waals surface area (Å²) in [6, 6.07) is 20.1. The van der Waals surface area contributed by atoms with Crippen LogP contribution in [0, 0.1) is 23.7 Å². The Hall–Kier alpha value is -3.98. The van der Waals surface area contributed by atoms with Crippen LogP contribution >= 0.6 is 23.2 Å².